The van der Waals surface area contributed by atoms with Crippen LogP contribution in [0, 0.1) is 6.92 Å². The van der Waals surface area contributed by atoms with Gasteiger partial charge >= 0.3 is 5.97 Å². The summed E-state index contributed by atoms with van der Waals surface area (Å²) in [4.78, 5) is 42.8. The molecule has 0 N–H and O–H groups in total. The van der Waals surface area contributed by atoms with E-state index in [0.29, 0.717) is 10.9 Å². The van der Waals surface area contributed by atoms with E-state index in [1.54, 1.807) is 19.1 Å². The number of ether oxygens (including phenoxy) is 1. The molecule has 3 rings (SSSR count). The molecule has 0 aliphatic heterocycles. The molecule has 1 aromatic carbocycles. The maximum absolute atomic E-state index is 12.6. The first-order valence-electron chi connectivity index (χ1n) is 8.41. The Hall–Kier alpha value is -2.70. The summed E-state index contributed by atoms with van der Waals surface area (Å²) in [5, 5.41) is 0.485. The Balaban J connectivity index is 1.82. The number of esters is 1. The van der Waals surface area contributed by atoms with Gasteiger partial charge in [-0.3, -0.25) is 19.0 Å². The number of nitrogens with zero attached hydrogens (tertiary/aromatic N) is 3. The third kappa shape index (κ3) is 3.70. The number of carbonyl (C=O) groups is 2. The molecule has 0 radical (unpaired) electrons. The van der Waals surface area contributed by atoms with Crippen LogP contribution in [0.25, 0.3) is 10.9 Å². The Morgan fingerprint density at radius 2 is 2.12 bits per heavy atom. The summed E-state index contributed by atoms with van der Waals surface area (Å²) in [7, 11) is 0. The Kier molecular flexibility index (Phi) is 4.83. The zero-order chi connectivity index (χ0) is 18.0. The van der Waals surface area contributed by atoms with E-state index < -0.39 is 5.97 Å². The Morgan fingerprint density at radius 3 is 2.80 bits per heavy atom. The number of carbonyl (C=O) groups excluding carboxylic acids is 2. The second-order valence-corrected chi connectivity index (χ2v) is 6.21. The van der Waals surface area contributed by atoms with E-state index in [9.17, 15) is 14.4 Å². The molecule has 1 aliphatic carbocycles. The van der Waals surface area contributed by atoms with E-state index in [1.807, 2.05) is 13.0 Å². The zero-order valence-electron chi connectivity index (χ0n) is 14.4. The zero-order valence-corrected chi connectivity index (χ0v) is 14.4. The van der Waals surface area contributed by atoms with Crippen LogP contribution in [0.3, 0.4) is 0 Å². The van der Waals surface area contributed by atoms with Crippen LogP contribution in [0.4, 0.5) is 0 Å². The number of hydrogen-bond donors (Lipinski definition) is 0. The van der Waals surface area contributed by atoms with Crippen molar-refractivity contribution in [2.75, 3.05) is 13.2 Å². The van der Waals surface area contributed by atoms with Crippen molar-refractivity contribution in [2.24, 2.45) is 0 Å². The van der Waals surface area contributed by atoms with E-state index >= 15 is 0 Å². The molecule has 0 atom stereocenters. The molecule has 1 aromatic heterocycles. The lowest BCUT2D eigenvalue weighted by molar-refractivity contribution is -0.149. The molecule has 1 heterocycles. The van der Waals surface area contributed by atoms with Gasteiger partial charge in [0, 0.05) is 6.04 Å². The molecule has 7 heteroatoms. The number of aromatic nitrogens is 2. The van der Waals surface area contributed by atoms with Crippen molar-refractivity contribution in [3.63, 3.8) is 0 Å². The lowest BCUT2D eigenvalue weighted by Gasteiger charge is -2.21. The average Bonchev–Trinajstić information content (AvgIpc) is 3.41. The molecule has 0 spiro atoms. The molecule has 7 nitrogen and oxygen atoms in total. The lowest BCUT2D eigenvalue weighted by atomic mass is 10.1. The largest absolute Gasteiger partial charge is 0.465 e. The number of amides is 1. The third-order valence-corrected chi connectivity index (χ3v) is 4.27. The molecule has 1 saturated carbocycles. The minimum Gasteiger partial charge on any atom is -0.465 e. The molecule has 0 saturated heterocycles. The molecule has 0 bridgehead atoms. The minimum absolute atomic E-state index is 0.0586. The fraction of sp³-hybridized carbons (Fsp3) is 0.444. The maximum Gasteiger partial charge on any atom is 0.325 e. The molecule has 0 unspecified atom stereocenters. The highest BCUT2D eigenvalue weighted by atomic mass is 16.5. The average molecular weight is 343 g/mol. The van der Waals surface area contributed by atoms with Crippen molar-refractivity contribution in [3.05, 3.63) is 40.4 Å². The van der Waals surface area contributed by atoms with Crippen molar-refractivity contribution in [3.8, 4) is 0 Å². The van der Waals surface area contributed by atoms with Gasteiger partial charge in [0.15, 0.2) is 0 Å². The van der Waals surface area contributed by atoms with Crippen LogP contribution in [0.2, 0.25) is 0 Å². The predicted octanol–water partition coefficient (Wildman–Crippen LogP) is 1.26. The Labute approximate surface area is 145 Å². The number of benzene rings is 1. The highest BCUT2D eigenvalue weighted by Crippen LogP contribution is 2.27. The van der Waals surface area contributed by atoms with Crippen molar-refractivity contribution >= 4 is 22.8 Å². The first-order chi connectivity index (χ1) is 12.0. The molecule has 132 valence electrons. The first kappa shape index (κ1) is 17.1. The van der Waals surface area contributed by atoms with Gasteiger partial charge in [-0.15, -0.1) is 0 Å². The van der Waals surface area contributed by atoms with Crippen LogP contribution >= 0.6 is 0 Å². The van der Waals surface area contributed by atoms with E-state index in [4.69, 9.17) is 4.74 Å². The number of fused-ring (bicyclic) bond motifs is 1. The fourth-order valence-corrected chi connectivity index (χ4v) is 2.84. The second-order valence-electron chi connectivity index (χ2n) is 6.21. The van der Waals surface area contributed by atoms with Crippen LogP contribution < -0.4 is 5.56 Å². The van der Waals surface area contributed by atoms with Crippen LogP contribution in [0.5, 0.6) is 0 Å². The second kappa shape index (κ2) is 7.04. The SMILES string of the molecule is CCOC(=O)CN(C(=O)Cn1cnc2c(C)cccc2c1=O)C1CC1. The van der Waals surface area contributed by atoms with Gasteiger partial charge in [0.2, 0.25) is 5.91 Å². The number of hydrogen-bond acceptors (Lipinski definition) is 5. The van der Waals surface area contributed by atoms with Gasteiger partial charge in [-0.2, -0.15) is 0 Å². The number of para-hydroxylation sites is 1. The quantitative estimate of drug-likeness (QED) is 0.738. The topological polar surface area (TPSA) is 81.5 Å². The fourth-order valence-electron chi connectivity index (χ4n) is 2.84. The predicted molar refractivity (Wildman–Crippen MR) is 92.1 cm³/mol. The summed E-state index contributed by atoms with van der Waals surface area (Å²) < 4.78 is 6.23. The van der Waals surface area contributed by atoms with E-state index in [-0.39, 0.29) is 37.2 Å². The van der Waals surface area contributed by atoms with E-state index in [1.165, 1.54) is 15.8 Å². The highest BCUT2D eigenvalue weighted by Gasteiger charge is 2.34. The smallest absolute Gasteiger partial charge is 0.325 e. The number of aryl methyl sites for hydroxylation is 1. The van der Waals surface area contributed by atoms with E-state index in [2.05, 4.69) is 4.98 Å². The minimum atomic E-state index is -0.428. The third-order valence-electron chi connectivity index (χ3n) is 4.27. The number of rotatable bonds is 6. The summed E-state index contributed by atoms with van der Waals surface area (Å²) in [5.74, 6) is -0.700. The first-order valence-corrected chi connectivity index (χ1v) is 8.41. The Bertz CT molecular complexity index is 870. The molecule has 1 amide bonds. The molecule has 25 heavy (non-hydrogen) atoms. The lowest BCUT2D eigenvalue weighted by Crippen LogP contribution is -2.41. The van der Waals surface area contributed by atoms with Crippen molar-refractivity contribution in [2.45, 2.75) is 39.3 Å². The maximum atomic E-state index is 12.6. The molecule has 1 fully saturated rings. The van der Waals surface area contributed by atoms with Gasteiger partial charge in [-0.05, 0) is 38.3 Å². The highest BCUT2D eigenvalue weighted by molar-refractivity contribution is 5.83. The molecule has 1 aliphatic rings. The Morgan fingerprint density at radius 1 is 1.36 bits per heavy atom. The standard InChI is InChI=1S/C18H21N3O4/c1-3-25-16(23)10-21(13-7-8-13)15(22)9-20-11-19-17-12(2)5-4-6-14(17)18(20)24/h4-6,11,13H,3,7-10H2,1-2H3. The van der Waals surface area contributed by atoms with Crippen LogP contribution in [-0.4, -0.2) is 45.5 Å². The molecular weight excluding hydrogens is 322 g/mol. The van der Waals surface area contributed by atoms with Crippen molar-refractivity contribution in [1.82, 2.24) is 14.5 Å². The van der Waals surface area contributed by atoms with Crippen LogP contribution in [0.15, 0.2) is 29.3 Å². The van der Waals surface area contributed by atoms with Gasteiger partial charge < -0.3 is 9.64 Å². The summed E-state index contributed by atoms with van der Waals surface area (Å²) >= 11 is 0. The van der Waals surface area contributed by atoms with Gasteiger partial charge in [-0.25, -0.2) is 4.98 Å². The molecular formula is C18H21N3O4. The summed E-state index contributed by atoms with van der Waals surface area (Å²) in [6.45, 7) is 3.68. The van der Waals surface area contributed by atoms with Gasteiger partial charge in [0.25, 0.3) is 5.56 Å². The van der Waals surface area contributed by atoms with Crippen LogP contribution in [-0.2, 0) is 20.9 Å². The monoisotopic (exact) mass is 343 g/mol. The van der Waals surface area contributed by atoms with E-state index in [0.717, 1.165) is 18.4 Å². The summed E-state index contributed by atoms with van der Waals surface area (Å²) in [6.07, 6.45) is 3.13. The molecule has 2 aromatic rings. The summed E-state index contributed by atoms with van der Waals surface area (Å²) in [6, 6.07) is 5.45. The van der Waals surface area contributed by atoms with Gasteiger partial charge in [0.1, 0.15) is 13.1 Å². The summed E-state index contributed by atoms with van der Waals surface area (Å²) in [5.41, 5.74) is 1.30. The van der Waals surface area contributed by atoms with Gasteiger partial charge in [0.05, 0.1) is 23.8 Å². The van der Waals surface area contributed by atoms with Crippen LogP contribution in [0.1, 0.15) is 25.3 Å². The van der Waals surface area contributed by atoms with Crippen molar-refractivity contribution in [1.29, 1.82) is 0 Å². The normalized spacial score (nSPS) is 13.7. The van der Waals surface area contributed by atoms with Gasteiger partial charge in [-0.1, -0.05) is 12.1 Å². The van der Waals surface area contributed by atoms with Crippen molar-refractivity contribution < 1.29 is 14.3 Å².